The molecule has 0 saturated carbocycles. The van der Waals surface area contributed by atoms with Crippen molar-refractivity contribution in [1.29, 1.82) is 0 Å². The molecule has 13 heavy (non-hydrogen) atoms. The van der Waals surface area contributed by atoms with Crippen LogP contribution < -0.4 is 29.2 Å². The summed E-state index contributed by atoms with van der Waals surface area (Å²) in [6.07, 6.45) is 6.14. The zero-order valence-electron chi connectivity index (χ0n) is 8.14. The molecule has 1 aliphatic heterocycles. The Hall–Kier alpha value is 0.170. The van der Waals surface area contributed by atoms with E-state index in [-0.39, 0.29) is 12.4 Å². The molecule has 1 heterocycles. The number of nitrogens with one attached hydrogen (secondary N) is 1. The molecule has 0 aliphatic carbocycles. The first-order chi connectivity index (χ1) is 5.86. The second kappa shape index (κ2) is 7.56. The standard InChI is InChI=1S/C9H21N3.ClH/c10-6-4-8-2-1-3-9(12-8)5-7-11;/h8-9,12H,1-7,10-11H2;1H/p-1. The number of nitrogens with two attached hydrogens (primary N) is 2. The van der Waals surface area contributed by atoms with Gasteiger partial charge in [-0.3, -0.25) is 0 Å². The van der Waals surface area contributed by atoms with Crippen LogP contribution in [0.5, 0.6) is 0 Å². The smallest absolute Gasteiger partial charge is 0.00816 e. The third-order valence-corrected chi connectivity index (χ3v) is 2.61. The number of rotatable bonds is 4. The molecule has 1 rings (SSSR count). The number of hydrogen-bond donors (Lipinski definition) is 3. The molecule has 0 bridgehead atoms. The van der Waals surface area contributed by atoms with Crippen LogP contribution in [0.25, 0.3) is 0 Å². The molecular weight excluding hydrogens is 186 g/mol. The summed E-state index contributed by atoms with van der Waals surface area (Å²) in [4.78, 5) is 0. The van der Waals surface area contributed by atoms with Gasteiger partial charge in [-0.15, -0.1) is 0 Å². The highest BCUT2D eigenvalue weighted by Crippen LogP contribution is 2.15. The third kappa shape index (κ3) is 4.81. The lowest BCUT2D eigenvalue weighted by Gasteiger charge is -2.30. The van der Waals surface area contributed by atoms with Crippen LogP contribution in [0, 0.1) is 0 Å². The summed E-state index contributed by atoms with van der Waals surface area (Å²) in [5, 5.41) is 3.60. The maximum Gasteiger partial charge on any atom is 0.00816 e. The van der Waals surface area contributed by atoms with E-state index in [0.29, 0.717) is 12.1 Å². The molecule has 0 aromatic carbocycles. The summed E-state index contributed by atoms with van der Waals surface area (Å²) in [7, 11) is 0. The van der Waals surface area contributed by atoms with E-state index in [4.69, 9.17) is 11.5 Å². The summed E-state index contributed by atoms with van der Waals surface area (Å²) in [5.74, 6) is 0. The maximum absolute atomic E-state index is 5.51. The SMILES string of the molecule is NCCC1CCCC(CCN)N1.[Cl-]. The molecular formula is C9H21ClN3-. The van der Waals surface area contributed by atoms with Gasteiger partial charge in [0.2, 0.25) is 0 Å². The summed E-state index contributed by atoms with van der Waals surface area (Å²) >= 11 is 0. The molecule has 0 spiro atoms. The van der Waals surface area contributed by atoms with Crippen LogP contribution in [-0.4, -0.2) is 25.2 Å². The van der Waals surface area contributed by atoms with E-state index in [2.05, 4.69) is 5.32 Å². The zero-order valence-corrected chi connectivity index (χ0v) is 8.89. The van der Waals surface area contributed by atoms with Crippen LogP contribution in [-0.2, 0) is 0 Å². The van der Waals surface area contributed by atoms with Gasteiger partial charge in [-0.05, 0) is 38.8 Å². The van der Waals surface area contributed by atoms with Crippen LogP contribution in [0.15, 0.2) is 0 Å². The van der Waals surface area contributed by atoms with Gasteiger partial charge in [0.1, 0.15) is 0 Å². The Labute approximate surface area is 87.0 Å². The third-order valence-electron chi connectivity index (χ3n) is 2.61. The van der Waals surface area contributed by atoms with Gasteiger partial charge >= 0.3 is 0 Å². The molecule has 0 radical (unpaired) electrons. The second-order valence-corrected chi connectivity index (χ2v) is 3.65. The number of piperidine rings is 1. The lowest BCUT2D eigenvalue weighted by atomic mass is 9.95. The van der Waals surface area contributed by atoms with Crippen molar-refractivity contribution < 1.29 is 12.4 Å². The van der Waals surface area contributed by atoms with Gasteiger partial charge in [0, 0.05) is 12.1 Å². The fraction of sp³-hybridized carbons (Fsp3) is 1.00. The van der Waals surface area contributed by atoms with Gasteiger partial charge in [-0.2, -0.15) is 0 Å². The molecule has 2 unspecified atom stereocenters. The Morgan fingerprint density at radius 2 is 1.46 bits per heavy atom. The zero-order chi connectivity index (χ0) is 8.81. The van der Waals surface area contributed by atoms with Gasteiger partial charge in [-0.25, -0.2) is 0 Å². The Morgan fingerprint density at radius 1 is 1.00 bits per heavy atom. The van der Waals surface area contributed by atoms with Gasteiger partial charge in [-0.1, -0.05) is 6.42 Å². The molecule has 3 nitrogen and oxygen atoms in total. The van der Waals surface area contributed by atoms with Crippen molar-refractivity contribution in [2.45, 2.75) is 44.2 Å². The highest BCUT2D eigenvalue weighted by Gasteiger charge is 2.18. The van der Waals surface area contributed by atoms with Crippen molar-refractivity contribution in [2.75, 3.05) is 13.1 Å². The van der Waals surface area contributed by atoms with Crippen LogP contribution in [0.3, 0.4) is 0 Å². The predicted molar refractivity (Wildman–Crippen MR) is 51.9 cm³/mol. The molecule has 0 aromatic rings. The van der Waals surface area contributed by atoms with Gasteiger partial charge in [0.25, 0.3) is 0 Å². The molecule has 5 N–H and O–H groups in total. The first kappa shape index (κ1) is 13.2. The van der Waals surface area contributed by atoms with Crippen molar-refractivity contribution in [3.05, 3.63) is 0 Å². The van der Waals surface area contributed by atoms with Crippen molar-refractivity contribution in [2.24, 2.45) is 11.5 Å². The second-order valence-electron chi connectivity index (χ2n) is 3.65. The molecule has 0 aromatic heterocycles. The summed E-state index contributed by atoms with van der Waals surface area (Å²) in [5.41, 5.74) is 11.0. The Kier molecular flexibility index (Phi) is 7.66. The Bertz CT molecular complexity index is 105. The van der Waals surface area contributed by atoms with Crippen LogP contribution in [0.1, 0.15) is 32.1 Å². The molecule has 2 atom stereocenters. The molecule has 80 valence electrons. The highest BCUT2D eigenvalue weighted by molar-refractivity contribution is 4.80. The minimum Gasteiger partial charge on any atom is -1.00 e. The quantitative estimate of drug-likeness (QED) is 0.466. The van der Waals surface area contributed by atoms with Crippen LogP contribution >= 0.6 is 0 Å². The summed E-state index contributed by atoms with van der Waals surface area (Å²) in [6.45, 7) is 1.60. The lowest BCUT2D eigenvalue weighted by molar-refractivity contribution is -0.00000307. The summed E-state index contributed by atoms with van der Waals surface area (Å²) in [6, 6.07) is 1.31. The van der Waals surface area contributed by atoms with Gasteiger partial charge in [0.05, 0.1) is 0 Å². The van der Waals surface area contributed by atoms with Gasteiger partial charge < -0.3 is 29.2 Å². The average molecular weight is 207 g/mol. The molecule has 1 aliphatic rings. The van der Waals surface area contributed by atoms with E-state index >= 15 is 0 Å². The lowest BCUT2D eigenvalue weighted by Crippen LogP contribution is -3.00. The molecule has 1 fully saturated rings. The fourth-order valence-corrected chi connectivity index (χ4v) is 1.97. The Morgan fingerprint density at radius 3 is 1.85 bits per heavy atom. The normalized spacial score (nSPS) is 28.2. The van der Waals surface area contributed by atoms with E-state index in [1.165, 1.54) is 19.3 Å². The minimum atomic E-state index is 0. The van der Waals surface area contributed by atoms with E-state index < -0.39 is 0 Å². The van der Waals surface area contributed by atoms with Crippen LogP contribution in [0.2, 0.25) is 0 Å². The number of halogens is 1. The van der Waals surface area contributed by atoms with E-state index in [0.717, 1.165) is 25.9 Å². The first-order valence-corrected chi connectivity index (χ1v) is 5.03. The highest BCUT2D eigenvalue weighted by atomic mass is 35.5. The topological polar surface area (TPSA) is 64.1 Å². The molecule has 0 amide bonds. The van der Waals surface area contributed by atoms with Gasteiger partial charge in [0.15, 0.2) is 0 Å². The summed E-state index contributed by atoms with van der Waals surface area (Å²) < 4.78 is 0. The van der Waals surface area contributed by atoms with E-state index in [1.54, 1.807) is 0 Å². The maximum atomic E-state index is 5.51. The largest absolute Gasteiger partial charge is 1.00 e. The molecule has 1 saturated heterocycles. The average Bonchev–Trinajstić information content (AvgIpc) is 2.06. The van der Waals surface area contributed by atoms with Crippen molar-refractivity contribution in [3.63, 3.8) is 0 Å². The Balaban J connectivity index is 0.00000144. The monoisotopic (exact) mass is 206 g/mol. The fourth-order valence-electron chi connectivity index (χ4n) is 1.97. The minimum absolute atomic E-state index is 0. The van der Waals surface area contributed by atoms with Crippen molar-refractivity contribution >= 4 is 0 Å². The number of hydrogen-bond acceptors (Lipinski definition) is 3. The van der Waals surface area contributed by atoms with Crippen LogP contribution in [0.4, 0.5) is 0 Å². The predicted octanol–water partition coefficient (Wildman–Crippen LogP) is -2.80. The first-order valence-electron chi connectivity index (χ1n) is 5.03. The van der Waals surface area contributed by atoms with E-state index in [1.807, 2.05) is 0 Å². The van der Waals surface area contributed by atoms with Crippen molar-refractivity contribution in [3.8, 4) is 0 Å². The molecule has 4 heteroatoms. The van der Waals surface area contributed by atoms with E-state index in [9.17, 15) is 0 Å². The van der Waals surface area contributed by atoms with Crippen molar-refractivity contribution in [1.82, 2.24) is 5.32 Å².